The first-order valence-corrected chi connectivity index (χ1v) is 7.76. The average molecular weight is 324 g/mol. The maximum Gasteiger partial charge on any atom is 0.308 e. The van der Waals surface area contributed by atoms with Crippen LogP contribution in [0.5, 0.6) is 0 Å². The van der Waals surface area contributed by atoms with E-state index in [0.717, 1.165) is 11.1 Å². The summed E-state index contributed by atoms with van der Waals surface area (Å²) in [4.78, 5) is 13.7. The molecule has 0 amide bonds. The molecule has 0 radical (unpaired) electrons. The van der Waals surface area contributed by atoms with Crippen molar-refractivity contribution in [3.8, 4) is 6.07 Å². The van der Waals surface area contributed by atoms with Crippen molar-refractivity contribution in [1.29, 1.82) is 5.26 Å². The lowest BCUT2D eigenvalue weighted by molar-refractivity contribution is -0.141. The predicted molar refractivity (Wildman–Crippen MR) is 86.7 cm³/mol. The third-order valence-electron chi connectivity index (χ3n) is 4.50. The average Bonchev–Trinajstić information content (AvgIpc) is 3.00. The normalized spacial score (nSPS) is 20.7. The Bertz CT molecular complexity index is 765. The van der Waals surface area contributed by atoms with Crippen LogP contribution in [0.3, 0.4) is 0 Å². The van der Waals surface area contributed by atoms with Gasteiger partial charge in [-0.2, -0.15) is 5.26 Å². The van der Waals surface area contributed by atoms with Gasteiger partial charge in [0.25, 0.3) is 0 Å². The van der Waals surface area contributed by atoms with Gasteiger partial charge in [-0.3, -0.25) is 9.69 Å². The van der Waals surface area contributed by atoms with Crippen LogP contribution >= 0.6 is 0 Å². The molecular formula is C19H17FN2O2. The number of hydrogen-bond donors (Lipinski definition) is 1. The predicted octanol–water partition coefficient (Wildman–Crippen LogP) is 3.00. The summed E-state index contributed by atoms with van der Waals surface area (Å²) in [7, 11) is 0. The maximum atomic E-state index is 13.1. The van der Waals surface area contributed by atoms with E-state index in [4.69, 9.17) is 5.26 Å². The smallest absolute Gasteiger partial charge is 0.308 e. The van der Waals surface area contributed by atoms with E-state index in [9.17, 15) is 14.3 Å². The quantitative estimate of drug-likeness (QED) is 0.939. The van der Waals surface area contributed by atoms with Crippen molar-refractivity contribution in [2.45, 2.75) is 12.5 Å². The summed E-state index contributed by atoms with van der Waals surface area (Å²) in [5.74, 6) is -1.81. The lowest BCUT2D eigenvalue weighted by atomic mass is 9.89. The van der Waals surface area contributed by atoms with Crippen molar-refractivity contribution < 1.29 is 14.3 Å². The Morgan fingerprint density at radius 2 is 1.83 bits per heavy atom. The fraction of sp³-hybridized carbons (Fsp3) is 0.263. The second-order valence-electron chi connectivity index (χ2n) is 6.11. The monoisotopic (exact) mass is 324 g/mol. The number of rotatable bonds is 4. The van der Waals surface area contributed by atoms with Gasteiger partial charge in [0.2, 0.25) is 0 Å². The van der Waals surface area contributed by atoms with Gasteiger partial charge < -0.3 is 5.11 Å². The molecule has 5 heteroatoms. The highest BCUT2D eigenvalue weighted by Gasteiger charge is 2.38. The van der Waals surface area contributed by atoms with Crippen LogP contribution in [0, 0.1) is 23.1 Å². The van der Waals surface area contributed by atoms with Crippen LogP contribution in [0.4, 0.5) is 4.39 Å². The molecule has 0 aliphatic carbocycles. The Kier molecular flexibility index (Phi) is 4.59. The van der Waals surface area contributed by atoms with Gasteiger partial charge in [-0.05, 0) is 35.4 Å². The van der Waals surface area contributed by atoms with Gasteiger partial charge in [-0.25, -0.2) is 4.39 Å². The number of halogens is 1. The summed E-state index contributed by atoms with van der Waals surface area (Å²) in [6.07, 6.45) is 0. The highest BCUT2D eigenvalue weighted by atomic mass is 19.1. The molecule has 2 aromatic rings. The molecule has 24 heavy (non-hydrogen) atoms. The topological polar surface area (TPSA) is 64.3 Å². The molecule has 122 valence electrons. The van der Waals surface area contributed by atoms with Crippen LogP contribution in [-0.4, -0.2) is 29.1 Å². The zero-order valence-electron chi connectivity index (χ0n) is 13.0. The molecule has 1 aliphatic heterocycles. The van der Waals surface area contributed by atoms with Gasteiger partial charge in [0.15, 0.2) is 0 Å². The number of aliphatic carboxylic acids is 1. The SMILES string of the molecule is N#Cc1ccc(CN2C[C@@H](C(=O)O)[C@H](c3ccc(F)cc3)C2)cc1. The number of carbonyl (C=O) groups is 1. The molecule has 1 heterocycles. The van der Waals surface area contributed by atoms with Crippen LogP contribution in [0.25, 0.3) is 0 Å². The summed E-state index contributed by atoms with van der Waals surface area (Å²) >= 11 is 0. The van der Waals surface area contributed by atoms with Crippen molar-refractivity contribution in [2.24, 2.45) is 5.92 Å². The van der Waals surface area contributed by atoms with Crippen molar-refractivity contribution in [3.63, 3.8) is 0 Å². The fourth-order valence-corrected chi connectivity index (χ4v) is 3.26. The molecule has 2 aromatic carbocycles. The number of nitrogens with zero attached hydrogens (tertiary/aromatic N) is 2. The summed E-state index contributed by atoms with van der Waals surface area (Å²) in [6, 6.07) is 15.5. The summed E-state index contributed by atoms with van der Waals surface area (Å²) in [5.41, 5.74) is 2.50. The Balaban J connectivity index is 1.75. The van der Waals surface area contributed by atoms with E-state index in [0.29, 0.717) is 25.2 Å². The van der Waals surface area contributed by atoms with E-state index in [1.54, 1.807) is 24.3 Å². The highest BCUT2D eigenvalue weighted by molar-refractivity contribution is 5.72. The largest absolute Gasteiger partial charge is 0.481 e. The van der Waals surface area contributed by atoms with Gasteiger partial charge in [-0.1, -0.05) is 24.3 Å². The first kappa shape index (κ1) is 16.2. The highest BCUT2D eigenvalue weighted by Crippen LogP contribution is 2.33. The van der Waals surface area contributed by atoms with E-state index in [1.807, 2.05) is 12.1 Å². The molecule has 1 fully saturated rings. The standard InChI is InChI=1S/C19H17FN2O2/c20-16-7-5-15(6-8-16)17-11-22(12-18(17)19(23)24)10-14-3-1-13(9-21)2-4-14/h1-8,17-18H,10-12H2,(H,23,24)/t17-,18+/m0/s1. The van der Waals surface area contributed by atoms with Gasteiger partial charge in [0, 0.05) is 25.6 Å². The molecule has 4 nitrogen and oxygen atoms in total. The van der Waals surface area contributed by atoms with Crippen molar-refractivity contribution in [2.75, 3.05) is 13.1 Å². The molecule has 0 spiro atoms. The van der Waals surface area contributed by atoms with Crippen LogP contribution in [0.15, 0.2) is 48.5 Å². The minimum absolute atomic E-state index is 0.151. The number of hydrogen-bond acceptors (Lipinski definition) is 3. The number of carboxylic acid groups (broad SMARTS) is 1. The van der Waals surface area contributed by atoms with Gasteiger partial charge in [0.05, 0.1) is 17.6 Å². The Labute approximate surface area is 139 Å². The zero-order chi connectivity index (χ0) is 17.1. The summed E-state index contributed by atoms with van der Waals surface area (Å²) < 4.78 is 13.1. The lowest BCUT2D eigenvalue weighted by Crippen LogP contribution is -2.23. The third kappa shape index (κ3) is 3.44. The Morgan fingerprint density at radius 1 is 1.17 bits per heavy atom. The minimum Gasteiger partial charge on any atom is -0.481 e. The maximum absolute atomic E-state index is 13.1. The second kappa shape index (κ2) is 6.81. The minimum atomic E-state index is -0.827. The number of nitriles is 1. The van der Waals surface area contributed by atoms with Crippen LogP contribution in [-0.2, 0) is 11.3 Å². The Hall–Kier alpha value is -2.71. The first-order chi connectivity index (χ1) is 11.6. The van der Waals surface area contributed by atoms with Gasteiger partial charge in [0.1, 0.15) is 5.82 Å². The number of carboxylic acids is 1. The molecule has 2 atom stereocenters. The van der Waals surface area contributed by atoms with E-state index in [2.05, 4.69) is 11.0 Å². The van der Waals surface area contributed by atoms with Gasteiger partial charge >= 0.3 is 5.97 Å². The van der Waals surface area contributed by atoms with E-state index in [-0.39, 0.29) is 11.7 Å². The molecule has 3 rings (SSSR count). The molecule has 1 saturated heterocycles. The Morgan fingerprint density at radius 3 is 2.42 bits per heavy atom. The van der Waals surface area contributed by atoms with E-state index < -0.39 is 11.9 Å². The van der Waals surface area contributed by atoms with Crippen LogP contribution < -0.4 is 0 Å². The molecule has 0 unspecified atom stereocenters. The van der Waals surface area contributed by atoms with Crippen molar-refractivity contribution >= 4 is 5.97 Å². The van der Waals surface area contributed by atoms with Crippen molar-refractivity contribution in [3.05, 3.63) is 71.0 Å². The molecule has 0 saturated carbocycles. The summed E-state index contributed by atoms with van der Waals surface area (Å²) in [6.45, 7) is 1.70. The number of likely N-dealkylation sites (tertiary alicyclic amines) is 1. The summed E-state index contributed by atoms with van der Waals surface area (Å²) in [5, 5.41) is 18.4. The molecule has 0 aromatic heterocycles. The molecule has 1 aliphatic rings. The van der Waals surface area contributed by atoms with Crippen LogP contribution in [0.2, 0.25) is 0 Å². The zero-order valence-corrected chi connectivity index (χ0v) is 13.0. The van der Waals surface area contributed by atoms with E-state index in [1.165, 1.54) is 12.1 Å². The van der Waals surface area contributed by atoms with Crippen LogP contribution in [0.1, 0.15) is 22.6 Å². The second-order valence-corrected chi connectivity index (χ2v) is 6.11. The fourth-order valence-electron chi connectivity index (χ4n) is 3.26. The molecule has 1 N–H and O–H groups in total. The van der Waals surface area contributed by atoms with Gasteiger partial charge in [-0.15, -0.1) is 0 Å². The van der Waals surface area contributed by atoms with Crippen molar-refractivity contribution in [1.82, 2.24) is 4.90 Å². The molecular weight excluding hydrogens is 307 g/mol. The third-order valence-corrected chi connectivity index (χ3v) is 4.50. The molecule has 0 bridgehead atoms. The first-order valence-electron chi connectivity index (χ1n) is 7.76. The number of benzene rings is 2. The van der Waals surface area contributed by atoms with E-state index >= 15 is 0 Å². The lowest BCUT2D eigenvalue weighted by Gasteiger charge is -2.16.